The Morgan fingerprint density at radius 3 is 2.36 bits per heavy atom. The number of thiocarbonyl (C=S) groups is 1. The number of nitrogens with zero attached hydrogens (tertiary/aromatic N) is 1. The van der Waals surface area contributed by atoms with Crippen molar-refractivity contribution in [3.63, 3.8) is 0 Å². The molecule has 1 heterocycles. The van der Waals surface area contributed by atoms with Gasteiger partial charge in [0.1, 0.15) is 0 Å². The first kappa shape index (κ1) is 20.3. The molecule has 150 valence electrons. The molecule has 1 aromatic carbocycles. The number of likely N-dealkylation sites (tertiary alicyclic amines) is 1. The molecule has 3 rings (SSSR count). The molecule has 1 aromatic rings. The Balaban J connectivity index is 1.47. The zero-order chi connectivity index (χ0) is 20.1. The summed E-state index contributed by atoms with van der Waals surface area (Å²) in [5.74, 6) is -0.0412. The molecule has 8 heteroatoms. The van der Waals surface area contributed by atoms with Crippen molar-refractivity contribution >= 4 is 35.1 Å². The average molecular weight is 403 g/mol. The summed E-state index contributed by atoms with van der Waals surface area (Å²) >= 11 is 5.27. The third kappa shape index (κ3) is 5.07. The van der Waals surface area contributed by atoms with E-state index in [1.807, 2.05) is 0 Å². The predicted molar refractivity (Wildman–Crippen MR) is 109 cm³/mol. The van der Waals surface area contributed by atoms with Gasteiger partial charge in [-0.05, 0) is 48.7 Å². The molecule has 2 unspecified atom stereocenters. The first-order chi connectivity index (χ1) is 13.4. The second-order valence-electron chi connectivity index (χ2n) is 7.49. The summed E-state index contributed by atoms with van der Waals surface area (Å²) in [6.07, 6.45) is 5.27. The van der Waals surface area contributed by atoms with Gasteiger partial charge in [-0.15, -0.1) is 0 Å². The van der Waals surface area contributed by atoms with Gasteiger partial charge in [0.25, 0.3) is 5.91 Å². The molecule has 2 aliphatic rings. The van der Waals surface area contributed by atoms with Gasteiger partial charge in [-0.25, -0.2) is 0 Å². The van der Waals surface area contributed by atoms with Crippen LogP contribution < -0.4 is 16.2 Å². The van der Waals surface area contributed by atoms with Crippen LogP contribution in [0.15, 0.2) is 24.3 Å². The molecule has 0 spiro atoms. The Morgan fingerprint density at radius 2 is 1.71 bits per heavy atom. The molecule has 3 amide bonds. The van der Waals surface area contributed by atoms with E-state index < -0.39 is 0 Å². The highest BCUT2D eigenvalue weighted by molar-refractivity contribution is 7.80. The Labute approximate surface area is 170 Å². The minimum Gasteiger partial charge on any atom is -0.358 e. The van der Waals surface area contributed by atoms with Crippen LogP contribution in [0.1, 0.15) is 61.4 Å². The van der Waals surface area contributed by atoms with Gasteiger partial charge >= 0.3 is 0 Å². The summed E-state index contributed by atoms with van der Waals surface area (Å²) < 4.78 is 0. The average Bonchev–Trinajstić information content (AvgIpc) is 3.00. The summed E-state index contributed by atoms with van der Waals surface area (Å²) in [6, 6.07) is 7.15. The van der Waals surface area contributed by atoms with E-state index in [1.165, 1.54) is 24.2 Å². The van der Waals surface area contributed by atoms with E-state index in [0.29, 0.717) is 22.6 Å². The van der Waals surface area contributed by atoms with Crippen LogP contribution in [0.5, 0.6) is 0 Å². The Hall–Kier alpha value is -2.48. The SMILES string of the molecule is CC1CCCCC1NC(=S)NNC(=O)c1ccc(CN2C(=O)CCC2=O)cc1. The topological polar surface area (TPSA) is 90.5 Å². The van der Waals surface area contributed by atoms with Crippen LogP contribution in [-0.4, -0.2) is 33.8 Å². The van der Waals surface area contributed by atoms with Gasteiger partial charge < -0.3 is 5.32 Å². The van der Waals surface area contributed by atoms with E-state index >= 15 is 0 Å². The van der Waals surface area contributed by atoms with Gasteiger partial charge in [0, 0.05) is 24.4 Å². The number of hydrazine groups is 1. The van der Waals surface area contributed by atoms with Crippen molar-refractivity contribution in [3.8, 4) is 0 Å². The standard InChI is InChI=1S/C20H26N4O3S/c1-13-4-2-3-5-16(13)21-20(28)23-22-19(27)15-8-6-14(7-9-15)12-24-17(25)10-11-18(24)26/h6-9,13,16H,2-5,10-12H2,1H3,(H,22,27)(H2,21,23,28). The predicted octanol–water partition coefficient (Wildman–Crippen LogP) is 2.02. The van der Waals surface area contributed by atoms with Crippen molar-refractivity contribution in [2.24, 2.45) is 5.92 Å². The van der Waals surface area contributed by atoms with Crippen LogP contribution in [0.3, 0.4) is 0 Å². The second kappa shape index (κ2) is 9.14. The van der Waals surface area contributed by atoms with Crippen LogP contribution in [0.25, 0.3) is 0 Å². The number of nitrogens with one attached hydrogen (secondary N) is 3. The monoisotopic (exact) mass is 402 g/mol. The number of carbonyl (C=O) groups excluding carboxylic acids is 3. The molecule has 0 radical (unpaired) electrons. The van der Waals surface area contributed by atoms with Crippen molar-refractivity contribution in [2.75, 3.05) is 0 Å². The molecule has 1 saturated heterocycles. The fraction of sp³-hybridized carbons (Fsp3) is 0.500. The van der Waals surface area contributed by atoms with Crippen molar-refractivity contribution in [1.82, 2.24) is 21.1 Å². The smallest absolute Gasteiger partial charge is 0.269 e. The fourth-order valence-electron chi connectivity index (χ4n) is 3.66. The van der Waals surface area contributed by atoms with E-state index in [1.54, 1.807) is 24.3 Å². The minimum atomic E-state index is -0.305. The number of carbonyl (C=O) groups is 3. The molecule has 3 N–H and O–H groups in total. The molecule has 28 heavy (non-hydrogen) atoms. The number of hydrogen-bond donors (Lipinski definition) is 3. The summed E-state index contributed by atoms with van der Waals surface area (Å²) in [7, 11) is 0. The fourth-order valence-corrected chi connectivity index (χ4v) is 3.87. The molecule has 7 nitrogen and oxygen atoms in total. The zero-order valence-electron chi connectivity index (χ0n) is 16.0. The van der Waals surface area contributed by atoms with Crippen molar-refractivity contribution in [3.05, 3.63) is 35.4 Å². The van der Waals surface area contributed by atoms with E-state index in [4.69, 9.17) is 12.2 Å². The molecular formula is C20H26N4O3S. The summed E-state index contributed by atoms with van der Waals surface area (Å²) in [4.78, 5) is 36.9. The maximum Gasteiger partial charge on any atom is 0.269 e. The second-order valence-corrected chi connectivity index (χ2v) is 7.90. The van der Waals surface area contributed by atoms with Gasteiger partial charge in [-0.2, -0.15) is 0 Å². The molecule has 0 bridgehead atoms. The summed E-state index contributed by atoms with van der Waals surface area (Å²) in [5, 5.41) is 3.68. The normalized spacial score (nSPS) is 22.1. The first-order valence-electron chi connectivity index (χ1n) is 9.73. The molecule has 2 atom stereocenters. The van der Waals surface area contributed by atoms with Gasteiger partial charge in [-0.1, -0.05) is 31.9 Å². The van der Waals surface area contributed by atoms with Crippen molar-refractivity contribution < 1.29 is 14.4 Å². The van der Waals surface area contributed by atoms with Gasteiger partial charge in [-0.3, -0.25) is 30.1 Å². The van der Waals surface area contributed by atoms with Crippen molar-refractivity contribution in [2.45, 2.75) is 58.0 Å². The van der Waals surface area contributed by atoms with Crippen molar-refractivity contribution in [1.29, 1.82) is 0 Å². The largest absolute Gasteiger partial charge is 0.358 e. The quantitative estimate of drug-likeness (QED) is 0.406. The number of rotatable bonds is 4. The number of hydrogen-bond acceptors (Lipinski definition) is 4. The molecular weight excluding hydrogens is 376 g/mol. The van der Waals surface area contributed by atoms with E-state index in [-0.39, 0.29) is 37.1 Å². The lowest BCUT2D eigenvalue weighted by Gasteiger charge is -2.30. The van der Waals surface area contributed by atoms with E-state index in [2.05, 4.69) is 23.1 Å². The third-order valence-corrected chi connectivity index (χ3v) is 5.65. The Kier molecular flexibility index (Phi) is 6.61. The Bertz CT molecular complexity index is 749. The summed E-state index contributed by atoms with van der Waals surface area (Å²) in [5.41, 5.74) is 6.62. The first-order valence-corrected chi connectivity index (χ1v) is 10.1. The maximum absolute atomic E-state index is 12.3. The molecule has 1 aliphatic carbocycles. The highest BCUT2D eigenvalue weighted by Gasteiger charge is 2.28. The van der Waals surface area contributed by atoms with Crippen LogP contribution in [0, 0.1) is 5.92 Å². The van der Waals surface area contributed by atoms with Gasteiger partial charge in [0.05, 0.1) is 6.54 Å². The van der Waals surface area contributed by atoms with E-state index in [0.717, 1.165) is 12.0 Å². The lowest BCUT2D eigenvalue weighted by Crippen LogP contribution is -2.51. The number of benzene rings is 1. The number of imide groups is 1. The van der Waals surface area contributed by atoms with Gasteiger partial charge in [0.15, 0.2) is 5.11 Å². The maximum atomic E-state index is 12.3. The van der Waals surface area contributed by atoms with Gasteiger partial charge in [0.2, 0.25) is 11.8 Å². The highest BCUT2D eigenvalue weighted by atomic mass is 32.1. The lowest BCUT2D eigenvalue weighted by atomic mass is 9.86. The highest BCUT2D eigenvalue weighted by Crippen LogP contribution is 2.23. The van der Waals surface area contributed by atoms with E-state index in [9.17, 15) is 14.4 Å². The molecule has 1 saturated carbocycles. The van der Waals surface area contributed by atoms with Crippen LogP contribution in [0.4, 0.5) is 0 Å². The minimum absolute atomic E-state index is 0.149. The third-order valence-electron chi connectivity index (χ3n) is 5.43. The van der Waals surface area contributed by atoms with Crippen LogP contribution >= 0.6 is 12.2 Å². The molecule has 2 fully saturated rings. The Morgan fingerprint density at radius 1 is 1.07 bits per heavy atom. The zero-order valence-corrected chi connectivity index (χ0v) is 16.8. The lowest BCUT2D eigenvalue weighted by molar-refractivity contribution is -0.139. The summed E-state index contributed by atoms with van der Waals surface area (Å²) in [6.45, 7) is 2.45. The molecule has 1 aliphatic heterocycles. The molecule has 0 aromatic heterocycles. The van der Waals surface area contributed by atoms with Crippen LogP contribution in [0.2, 0.25) is 0 Å². The van der Waals surface area contributed by atoms with Crippen LogP contribution in [-0.2, 0) is 16.1 Å². The number of amides is 3.